The lowest BCUT2D eigenvalue weighted by molar-refractivity contribution is -0.144. The Morgan fingerprint density at radius 2 is 1.39 bits per heavy atom. The number of benzene rings is 3. The SMILES string of the molecule is O=Cc1ccccc1OCC(=O)OCC(=O)c1ccc(-c2ccccc2)cc1. The number of hydrogen-bond donors (Lipinski definition) is 0. The van der Waals surface area contributed by atoms with Crippen LogP contribution in [0.2, 0.25) is 0 Å². The Balaban J connectivity index is 1.51. The van der Waals surface area contributed by atoms with E-state index in [9.17, 15) is 14.4 Å². The Bertz CT molecular complexity index is 962. The van der Waals surface area contributed by atoms with Crippen LogP contribution in [0.25, 0.3) is 11.1 Å². The van der Waals surface area contributed by atoms with Crippen LogP contribution < -0.4 is 4.74 Å². The molecule has 3 aromatic carbocycles. The monoisotopic (exact) mass is 374 g/mol. The maximum absolute atomic E-state index is 12.2. The highest BCUT2D eigenvalue weighted by Gasteiger charge is 2.12. The Hall–Kier alpha value is -3.73. The number of ketones is 1. The van der Waals surface area contributed by atoms with Gasteiger partial charge in [-0.25, -0.2) is 4.79 Å². The molecule has 3 aromatic rings. The quantitative estimate of drug-likeness (QED) is 0.339. The minimum Gasteiger partial charge on any atom is -0.481 e. The smallest absolute Gasteiger partial charge is 0.344 e. The van der Waals surface area contributed by atoms with Crippen molar-refractivity contribution >= 4 is 18.0 Å². The minimum atomic E-state index is -0.685. The van der Waals surface area contributed by atoms with Gasteiger partial charge in [-0.05, 0) is 23.3 Å². The second-order valence-electron chi connectivity index (χ2n) is 5.97. The predicted molar refractivity (Wildman–Crippen MR) is 104 cm³/mol. The van der Waals surface area contributed by atoms with Gasteiger partial charge in [0.1, 0.15) is 5.75 Å². The fourth-order valence-corrected chi connectivity index (χ4v) is 2.60. The molecule has 0 heterocycles. The van der Waals surface area contributed by atoms with Gasteiger partial charge in [-0.2, -0.15) is 0 Å². The van der Waals surface area contributed by atoms with E-state index in [-0.39, 0.29) is 24.7 Å². The number of hydrogen-bond acceptors (Lipinski definition) is 5. The van der Waals surface area contributed by atoms with Gasteiger partial charge in [-0.3, -0.25) is 9.59 Å². The first-order valence-electron chi connectivity index (χ1n) is 8.68. The summed E-state index contributed by atoms with van der Waals surface area (Å²) in [4.78, 5) is 34.9. The molecule has 0 unspecified atom stereocenters. The van der Waals surface area contributed by atoms with Crippen LogP contribution in [0.4, 0.5) is 0 Å². The number of carbonyl (C=O) groups excluding carboxylic acids is 3. The normalized spacial score (nSPS) is 10.1. The highest BCUT2D eigenvalue weighted by Crippen LogP contribution is 2.19. The van der Waals surface area contributed by atoms with Crippen LogP contribution in [0, 0.1) is 0 Å². The van der Waals surface area contributed by atoms with Crippen LogP contribution in [-0.2, 0) is 9.53 Å². The molecule has 0 fully saturated rings. The van der Waals surface area contributed by atoms with Crippen LogP contribution in [0.5, 0.6) is 5.75 Å². The molecule has 5 nitrogen and oxygen atoms in total. The van der Waals surface area contributed by atoms with E-state index in [1.165, 1.54) is 0 Å². The standard InChI is InChI=1S/C23H18O5/c24-14-20-8-4-5-9-22(20)27-16-23(26)28-15-21(25)19-12-10-18(11-13-19)17-6-2-1-3-7-17/h1-14H,15-16H2. The molecule has 0 saturated heterocycles. The van der Waals surface area contributed by atoms with E-state index in [0.29, 0.717) is 17.4 Å². The molecule has 0 saturated carbocycles. The summed E-state index contributed by atoms with van der Waals surface area (Å²) < 4.78 is 10.2. The van der Waals surface area contributed by atoms with Crippen molar-refractivity contribution in [3.05, 3.63) is 90.0 Å². The van der Waals surface area contributed by atoms with Gasteiger partial charge in [0.15, 0.2) is 25.3 Å². The number of aldehydes is 1. The maximum atomic E-state index is 12.2. The summed E-state index contributed by atoms with van der Waals surface area (Å²) >= 11 is 0. The molecule has 0 amide bonds. The second kappa shape index (κ2) is 9.28. The third kappa shape index (κ3) is 4.92. The van der Waals surface area contributed by atoms with Crippen molar-refractivity contribution in [1.29, 1.82) is 0 Å². The molecular formula is C23H18O5. The lowest BCUT2D eigenvalue weighted by atomic mass is 10.0. The third-order valence-electron chi connectivity index (χ3n) is 4.07. The topological polar surface area (TPSA) is 69.7 Å². The van der Waals surface area contributed by atoms with Gasteiger partial charge < -0.3 is 9.47 Å². The molecule has 0 radical (unpaired) electrons. The third-order valence-corrected chi connectivity index (χ3v) is 4.07. The predicted octanol–water partition coefficient (Wildman–Crippen LogP) is 3.97. The van der Waals surface area contributed by atoms with E-state index in [1.807, 2.05) is 42.5 Å². The van der Waals surface area contributed by atoms with Gasteiger partial charge in [-0.15, -0.1) is 0 Å². The Labute approximate surface area is 162 Å². The largest absolute Gasteiger partial charge is 0.481 e. The molecule has 0 spiro atoms. The first-order chi connectivity index (χ1) is 13.7. The van der Waals surface area contributed by atoms with Crippen molar-refractivity contribution in [3.63, 3.8) is 0 Å². The minimum absolute atomic E-state index is 0.289. The van der Waals surface area contributed by atoms with Gasteiger partial charge in [0.25, 0.3) is 0 Å². The first-order valence-corrected chi connectivity index (χ1v) is 8.68. The van der Waals surface area contributed by atoms with E-state index in [4.69, 9.17) is 9.47 Å². The zero-order valence-electron chi connectivity index (χ0n) is 15.0. The molecule has 0 aliphatic carbocycles. The molecule has 0 atom stereocenters. The maximum Gasteiger partial charge on any atom is 0.344 e. The molecule has 0 bridgehead atoms. The van der Waals surface area contributed by atoms with Crippen molar-refractivity contribution in [2.45, 2.75) is 0 Å². The summed E-state index contributed by atoms with van der Waals surface area (Å²) in [5.74, 6) is -0.700. The van der Waals surface area contributed by atoms with E-state index >= 15 is 0 Å². The fourth-order valence-electron chi connectivity index (χ4n) is 2.60. The Kier molecular flexibility index (Phi) is 6.31. The lowest BCUT2D eigenvalue weighted by Gasteiger charge is -2.08. The van der Waals surface area contributed by atoms with Crippen molar-refractivity contribution in [1.82, 2.24) is 0 Å². The highest BCUT2D eigenvalue weighted by molar-refractivity contribution is 5.98. The van der Waals surface area contributed by atoms with Crippen LogP contribution in [0.3, 0.4) is 0 Å². The van der Waals surface area contributed by atoms with Gasteiger partial charge in [0, 0.05) is 5.56 Å². The second-order valence-corrected chi connectivity index (χ2v) is 5.97. The summed E-state index contributed by atoms with van der Waals surface area (Å²) in [6.07, 6.45) is 0.642. The zero-order chi connectivity index (χ0) is 19.8. The molecule has 0 N–H and O–H groups in total. The van der Waals surface area contributed by atoms with Gasteiger partial charge >= 0.3 is 5.97 Å². The zero-order valence-corrected chi connectivity index (χ0v) is 15.0. The van der Waals surface area contributed by atoms with Crippen molar-refractivity contribution < 1.29 is 23.9 Å². The first kappa shape index (κ1) is 19.0. The summed E-state index contributed by atoms with van der Waals surface area (Å²) in [6.45, 7) is -0.757. The van der Waals surface area contributed by atoms with Gasteiger partial charge in [0.2, 0.25) is 0 Å². The number of Topliss-reactive ketones (excluding diaryl/α,β-unsaturated/α-hetero) is 1. The highest BCUT2D eigenvalue weighted by atomic mass is 16.6. The molecule has 0 aliphatic heterocycles. The average Bonchev–Trinajstić information content (AvgIpc) is 2.77. The summed E-state index contributed by atoms with van der Waals surface area (Å²) in [5, 5.41) is 0. The van der Waals surface area contributed by atoms with Gasteiger partial charge in [-0.1, -0.05) is 66.7 Å². The Morgan fingerprint density at radius 1 is 0.750 bits per heavy atom. The van der Waals surface area contributed by atoms with Crippen LogP contribution in [0.15, 0.2) is 78.9 Å². The molecule has 0 aromatic heterocycles. The molecule has 140 valence electrons. The van der Waals surface area contributed by atoms with E-state index in [1.54, 1.807) is 36.4 Å². The molecule has 28 heavy (non-hydrogen) atoms. The summed E-state index contributed by atoms with van der Waals surface area (Å²) in [6, 6.07) is 23.5. The molecule has 3 rings (SSSR count). The van der Waals surface area contributed by atoms with Crippen molar-refractivity contribution in [3.8, 4) is 16.9 Å². The number of para-hydroxylation sites is 1. The molecule has 5 heteroatoms. The van der Waals surface area contributed by atoms with Crippen molar-refractivity contribution in [2.24, 2.45) is 0 Å². The molecule has 0 aliphatic rings. The lowest BCUT2D eigenvalue weighted by Crippen LogP contribution is -2.19. The fraction of sp³-hybridized carbons (Fsp3) is 0.0870. The number of esters is 1. The van der Waals surface area contributed by atoms with Crippen LogP contribution in [-0.4, -0.2) is 31.3 Å². The number of carbonyl (C=O) groups is 3. The Morgan fingerprint density at radius 3 is 2.11 bits per heavy atom. The van der Waals surface area contributed by atoms with E-state index in [2.05, 4.69) is 0 Å². The summed E-state index contributed by atoms with van der Waals surface area (Å²) in [5.41, 5.74) is 2.85. The van der Waals surface area contributed by atoms with Crippen LogP contribution in [0.1, 0.15) is 20.7 Å². The van der Waals surface area contributed by atoms with Crippen molar-refractivity contribution in [2.75, 3.05) is 13.2 Å². The van der Waals surface area contributed by atoms with Crippen LogP contribution >= 0.6 is 0 Å². The van der Waals surface area contributed by atoms with E-state index in [0.717, 1.165) is 11.1 Å². The summed E-state index contributed by atoms with van der Waals surface area (Å²) in [7, 11) is 0. The number of ether oxygens (including phenoxy) is 2. The van der Waals surface area contributed by atoms with Gasteiger partial charge in [0.05, 0.1) is 5.56 Å². The number of rotatable bonds is 8. The van der Waals surface area contributed by atoms with E-state index < -0.39 is 5.97 Å². The average molecular weight is 374 g/mol. The molecular weight excluding hydrogens is 356 g/mol.